The molecular formula is C15H12F5N. The third-order valence-electron chi connectivity index (χ3n) is 3.08. The van der Waals surface area contributed by atoms with Gasteiger partial charge in [-0.15, -0.1) is 0 Å². The van der Waals surface area contributed by atoms with E-state index in [1.807, 2.05) is 0 Å². The van der Waals surface area contributed by atoms with Gasteiger partial charge in [0.25, 0.3) is 0 Å². The van der Waals surface area contributed by atoms with Crippen LogP contribution in [0.25, 0.3) is 0 Å². The van der Waals surface area contributed by atoms with E-state index < -0.39 is 29.4 Å². The van der Waals surface area contributed by atoms with Crippen LogP contribution in [0.1, 0.15) is 22.7 Å². The van der Waals surface area contributed by atoms with Gasteiger partial charge >= 0.3 is 6.18 Å². The standard InChI is InChI=1S/C15H12F5N/c16-12-5-4-10(8-13(12)17)14(21)7-9-2-1-3-11(6-9)15(18,19)20/h1-6,8,14H,7,21H2. The van der Waals surface area contributed by atoms with Crippen LogP contribution < -0.4 is 5.73 Å². The second-order valence-corrected chi connectivity index (χ2v) is 4.68. The van der Waals surface area contributed by atoms with Gasteiger partial charge in [-0.05, 0) is 35.7 Å². The van der Waals surface area contributed by atoms with E-state index in [0.29, 0.717) is 11.1 Å². The molecule has 2 aromatic rings. The third-order valence-corrected chi connectivity index (χ3v) is 3.08. The van der Waals surface area contributed by atoms with Gasteiger partial charge in [-0.2, -0.15) is 13.2 Å². The first-order valence-electron chi connectivity index (χ1n) is 6.14. The summed E-state index contributed by atoms with van der Waals surface area (Å²) in [5.74, 6) is -2.03. The summed E-state index contributed by atoms with van der Waals surface area (Å²) in [6.45, 7) is 0. The second-order valence-electron chi connectivity index (χ2n) is 4.68. The fraction of sp³-hybridized carbons (Fsp3) is 0.200. The number of hydrogen-bond acceptors (Lipinski definition) is 1. The van der Waals surface area contributed by atoms with E-state index in [1.165, 1.54) is 18.2 Å². The van der Waals surface area contributed by atoms with Crippen molar-refractivity contribution in [2.75, 3.05) is 0 Å². The molecule has 0 bridgehead atoms. The normalized spacial score (nSPS) is 13.2. The Morgan fingerprint density at radius 1 is 0.952 bits per heavy atom. The zero-order valence-corrected chi connectivity index (χ0v) is 10.8. The molecule has 0 aromatic heterocycles. The van der Waals surface area contributed by atoms with Crippen molar-refractivity contribution in [3.63, 3.8) is 0 Å². The summed E-state index contributed by atoms with van der Waals surface area (Å²) in [5, 5.41) is 0. The van der Waals surface area contributed by atoms with Crippen LogP contribution in [0.15, 0.2) is 42.5 Å². The predicted molar refractivity (Wildman–Crippen MR) is 68.4 cm³/mol. The van der Waals surface area contributed by atoms with Crippen molar-refractivity contribution < 1.29 is 22.0 Å². The highest BCUT2D eigenvalue weighted by Gasteiger charge is 2.30. The SMILES string of the molecule is NC(Cc1cccc(C(F)(F)F)c1)c1ccc(F)c(F)c1. The number of halogens is 5. The van der Waals surface area contributed by atoms with Crippen LogP contribution in [0.5, 0.6) is 0 Å². The molecule has 2 N–H and O–H groups in total. The van der Waals surface area contributed by atoms with Crippen LogP contribution in [-0.2, 0) is 12.6 Å². The monoisotopic (exact) mass is 301 g/mol. The summed E-state index contributed by atoms with van der Waals surface area (Å²) in [6, 6.07) is 7.25. The number of benzene rings is 2. The summed E-state index contributed by atoms with van der Waals surface area (Å²) in [6.07, 6.45) is -4.34. The molecule has 2 aromatic carbocycles. The topological polar surface area (TPSA) is 26.0 Å². The van der Waals surface area contributed by atoms with E-state index in [9.17, 15) is 22.0 Å². The van der Waals surface area contributed by atoms with Crippen molar-refractivity contribution in [1.82, 2.24) is 0 Å². The van der Waals surface area contributed by atoms with Gasteiger partial charge in [0.15, 0.2) is 11.6 Å². The lowest BCUT2D eigenvalue weighted by atomic mass is 9.98. The Balaban J connectivity index is 2.19. The molecule has 0 heterocycles. The lowest BCUT2D eigenvalue weighted by Gasteiger charge is -2.14. The second kappa shape index (κ2) is 5.81. The Labute approximate surface area is 118 Å². The maximum absolute atomic E-state index is 13.1. The molecule has 2 rings (SSSR count). The highest BCUT2D eigenvalue weighted by atomic mass is 19.4. The van der Waals surface area contributed by atoms with E-state index in [-0.39, 0.29) is 6.42 Å². The minimum atomic E-state index is -4.43. The summed E-state index contributed by atoms with van der Waals surface area (Å²) < 4.78 is 63.8. The lowest BCUT2D eigenvalue weighted by molar-refractivity contribution is -0.137. The Morgan fingerprint density at radius 2 is 1.67 bits per heavy atom. The molecule has 0 saturated heterocycles. The molecule has 1 atom stereocenters. The molecule has 0 fully saturated rings. The van der Waals surface area contributed by atoms with Gasteiger partial charge in [0, 0.05) is 6.04 Å². The number of hydrogen-bond donors (Lipinski definition) is 1. The van der Waals surface area contributed by atoms with Crippen LogP contribution in [0.4, 0.5) is 22.0 Å². The summed E-state index contributed by atoms with van der Waals surface area (Å²) in [5.41, 5.74) is 5.77. The van der Waals surface area contributed by atoms with Crippen LogP contribution in [0.3, 0.4) is 0 Å². The summed E-state index contributed by atoms with van der Waals surface area (Å²) in [4.78, 5) is 0. The molecule has 1 nitrogen and oxygen atoms in total. The Hall–Kier alpha value is -1.95. The van der Waals surface area contributed by atoms with E-state index in [4.69, 9.17) is 5.73 Å². The molecule has 0 radical (unpaired) electrons. The smallest absolute Gasteiger partial charge is 0.324 e. The molecule has 21 heavy (non-hydrogen) atoms. The van der Waals surface area contributed by atoms with Crippen molar-refractivity contribution in [1.29, 1.82) is 0 Å². The van der Waals surface area contributed by atoms with Gasteiger partial charge in [-0.25, -0.2) is 8.78 Å². The minimum absolute atomic E-state index is 0.0923. The average molecular weight is 301 g/mol. The number of alkyl halides is 3. The Kier molecular flexibility index (Phi) is 4.27. The van der Waals surface area contributed by atoms with Crippen LogP contribution >= 0.6 is 0 Å². The Bertz CT molecular complexity index is 636. The van der Waals surface area contributed by atoms with Gasteiger partial charge in [-0.1, -0.05) is 24.3 Å². The maximum Gasteiger partial charge on any atom is 0.416 e. The van der Waals surface area contributed by atoms with E-state index in [1.54, 1.807) is 0 Å². The van der Waals surface area contributed by atoms with Crippen LogP contribution in [0.2, 0.25) is 0 Å². The van der Waals surface area contributed by atoms with Gasteiger partial charge in [0.1, 0.15) is 0 Å². The zero-order chi connectivity index (χ0) is 15.6. The lowest BCUT2D eigenvalue weighted by Crippen LogP contribution is -2.14. The molecule has 6 heteroatoms. The summed E-state index contributed by atoms with van der Waals surface area (Å²) >= 11 is 0. The first-order chi connectivity index (χ1) is 9.77. The molecule has 1 unspecified atom stereocenters. The maximum atomic E-state index is 13.1. The molecule has 0 saturated carbocycles. The molecule has 112 valence electrons. The first-order valence-corrected chi connectivity index (χ1v) is 6.14. The average Bonchev–Trinajstić information content (AvgIpc) is 2.41. The third kappa shape index (κ3) is 3.78. The number of rotatable bonds is 3. The Morgan fingerprint density at radius 3 is 2.29 bits per heavy atom. The van der Waals surface area contributed by atoms with E-state index in [0.717, 1.165) is 24.3 Å². The highest BCUT2D eigenvalue weighted by Crippen LogP contribution is 2.30. The summed E-state index contributed by atoms with van der Waals surface area (Å²) in [7, 11) is 0. The zero-order valence-electron chi connectivity index (χ0n) is 10.8. The van der Waals surface area contributed by atoms with Crippen molar-refractivity contribution in [2.24, 2.45) is 5.73 Å². The fourth-order valence-electron chi connectivity index (χ4n) is 1.99. The van der Waals surface area contributed by atoms with Crippen molar-refractivity contribution >= 4 is 0 Å². The van der Waals surface area contributed by atoms with Crippen molar-refractivity contribution in [3.8, 4) is 0 Å². The molecule has 0 aliphatic rings. The molecule has 0 aliphatic carbocycles. The fourth-order valence-corrected chi connectivity index (χ4v) is 1.99. The van der Waals surface area contributed by atoms with Crippen molar-refractivity contribution in [3.05, 3.63) is 70.8 Å². The van der Waals surface area contributed by atoms with Gasteiger partial charge < -0.3 is 5.73 Å². The minimum Gasteiger partial charge on any atom is -0.324 e. The van der Waals surface area contributed by atoms with Crippen LogP contribution in [-0.4, -0.2) is 0 Å². The quantitative estimate of drug-likeness (QED) is 0.844. The van der Waals surface area contributed by atoms with E-state index in [2.05, 4.69) is 0 Å². The molecule has 0 aliphatic heterocycles. The van der Waals surface area contributed by atoms with E-state index >= 15 is 0 Å². The highest BCUT2D eigenvalue weighted by molar-refractivity contribution is 5.29. The van der Waals surface area contributed by atoms with Gasteiger partial charge in [-0.3, -0.25) is 0 Å². The first kappa shape index (κ1) is 15.4. The molecule has 0 amide bonds. The molecule has 0 spiro atoms. The van der Waals surface area contributed by atoms with Gasteiger partial charge in [0.05, 0.1) is 5.56 Å². The van der Waals surface area contributed by atoms with Gasteiger partial charge in [0.2, 0.25) is 0 Å². The van der Waals surface area contributed by atoms with Crippen molar-refractivity contribution in [2.45, 2.75) is 18.6 Å². The predicted octanol–water partition coefficient (Wildman–Crippen LogP) is 4.23. The van der Waals surface area contributed by atoms with Crippen LogP contribution in [0, 0.1) is 11.6 Å². The number of nitrogens with two attached hydrogens (primary N) is 1. The molecular weight excluding hydrogens is 289 g/mol. The largest absolute Gasteiger partial charge is 0.416 e.